The Balaban J connectivity index is 2.18. The fourth-order valence-corrected chi connectivity index (χ4v) is 3.60. The Hall–Kier alpha value is -1.98. The summed E-state index contributed by atoms with van der Waals surface area (Å²) < 4.78 is 27.4. The minimum absolute atomic E-state index is 0.0932. The highest BCUT2D eigenvalue weighted by Crippen LogP contribution is 2.51. The van der Waals surface area contributed by atoms with E-state index in [0.717, 1.165) is 18.2 Å². The molecule has 6 heteroatoms. The van der Waals surface area contributed by atoms with Crippen LogP contribution in [0.1, 0.15) is 51.6 Å². The van der Waals surface area contributed by atoms with Crippen LogP contribution >= 0.6 is 0 Å². The Labute approximate surface area is 140 Å². The normalized spacial score (nSPS) is 23.2. The molecule has 0 radical (unpaired) electrons. The summed E-state index contributed by atoms with van der Waals surface area (Å²) in [5.74, 6) is -3.99. The molecule has 0 aromatic heterocycles. The van der Waals surface area contributed by atoms with Gasteiger partial charge in [-0.05, 0) is 36.5 Å². The molecule has 132 valence electrons. The average Bonchev–Trinajstić information content (AvgIpc) is 2.46. The van der Waals surface area contributed by atoms with Gasteiger partial charge in [0, 0.05) is 5.56 Å². The Morgan fingerprint density at radius 2 is 2.04 bits per heavy atom. The number of carboxylic acid groups (broad SMARTS) is 1. The maximum Gasteiger partial charge on any atom is 0.307 e. The third-order valence-electron chi connectivity index (χ3n) is 4.82. The Morgan fingerprint density at radius 3 is 2.58 bits per heavy atom. The van der Waals surface area contributed by atoms with E-state index >= 15 is 0 Å². The quantitative estimate of drug-likeness (QED) is 0.831. The molecule has 1 aliphatic rings. The molecule has 1 amide bonds. The van der Waals surface area contributed by atoms with Gasteiger partial charge in [-0.1, -0.05) is 27.2 Å². The van der Waals surface area contributed by atoms with Crippen LogP contribution in [0.3, 0.4) is 0 Å². The van der Waals surface area contributed by atoms with Crippen LogP contribution in [0, 0.1) is 28.9 Å². The van der Waals surface area contributed by atoms with Gasteiger partial charge in [-0.2, -0.15) is 0 Å². The van der Waals surface area contributed by atoms with Crippen LogP contribution in [-0.4, -0.2) is 17.0 Å². The van der Waals surface area contributed by atoms with Crippen molar-refractivity contribution in [2.75, 3.05) is 0 Å². The van der Waals surface area contributed by atoms with Crippen LogP contribution in [0.15, 0.2) is 18.2 Å². The molecule has 1 fully saturated rings. The number of carbonyl (C=O) groups excluding carboxylic acids is 1. The lowest BCUT2D eigenvalue weighted by Gasteiger charge is -2.48. The third kappa shape index (κ3) is 3.57. The highest BCUT2D eigenvalue weighted by Gasteiger charge is 2.55. The van der Waals surface area contributed by atoms with E-state index < -0.39 is 46.8 Å². The summed E-state index contributed by atoms with van der Waals surface area (Å²) in [5, 5.41) is 12.1. The van der Waals surface area contributed by atoms with Gasteiger partial charge in [-0.25, -0.2) is 8.78 Å². The van der Waals surface area contributed by atoms with Crippen molar-refractivity contribution in [1.29, 1.82) is 0 Å². The SMILES string of the molecule is CCCC(NC(=O)[C@@H]1CC(C)(C)[C@@H]1C(=O)O)c1cc(F)ccc1F. The van der Waals surface area contributed by atoms with Crippen molar-refractivity contribution >= 4 is 11.9 Å². The van der Waals surface area contributed by atoms with Crippen molar-refractivity contribution in [1.82, 2.24) is 5.32 Å². The van der Waals surface area contributed by atoms with Gasteiger partial charge in [-0.3, -0.25) is 9.59 Å². The second-order valence-corrected chi connectivity index (χ2v) is 7.13. The molecule has 4 nitrogen and oxygen atoms in total. The number of carbonyl (C=O) groups is 2. The van der Waals surface area contributed by atoms with Gasteiger partial charge >= 0.3 is 5.97 Å². The second-order valence-electron chi connectivity index (χ2n) is 7.13. The fraction of sp³-hybridized carbons (Fsp3) is 0.556. The van der Waals surface area contributed by atoms with E-state index in [1.165, 1.54) is 0 Å². The van der Waals surface area contributed by atoms with Gasteiger partial charge < -0.3 is 10.4 Å². The smallest absolute Gasteiger partial charge is 0.307 e. The van der Waals surface area contributed by atoms with Crippen molar-refractivity contribution in [3.05, 3.63) is 35.4 Å². The zero-order valence-corrected chi connectivity index (χ0v) is 14.1. The zero-order valence-electron chi connectivity index (χ0n) is 14.1. The molecule has 0 heterocycles. The lowest BCUT2D eigenvalue weighted by atomic mass is 9.55. The first-order chi connectivity index (χ1) is 11.2. The molecular formula is C18H23F2NO3. The van der Waals surface area contributed by atoms with Crippen LogP contribution in [0.25, 0.3) is 0 Å². The number of carboxylic acids is 1. The van der Waals surface area contributed by atoms with Gasteiger partial charge in [-0.15, -0.1) is 0 Å². The number of hydrogen-bond donors (Lipinski definition) is 2. The minimum Gasteiger partial charge on any atom is -0.481 e. The van der Waals surface area contributed by atoms with Crippen LogP contribution in [0.5, 0.6) is 0 Å². The van der Waals surface area contributed by atoms with E-state index in [0.29, 0.717) is 19.3 Å². The number of aliphatic carboxylic acids is 1. The first kappa shape index (κ1) is 18.4. The largest absolute Gasteiger partial charge is 0.481 e. The summed E-state index contributed by atoms with van der Waals surface area (Å²) >= 11 is 0. The number of nitrogens with one attached hydrogen (secondary N) is 1. The molecule has 0 spiro atoms. The predicted molar refractivity (Wildman–Crippen MR) is 85.2 cm³/mol. The van der Waals surface area contributed by atoms with Crippen molar-refractivity contribution in [2.45, 2.75) is 46.1 Å². The van der Waals surface area contributed by atoms with Crippen LogP contribution in [0.4, 0.5) is 8.78 Å². The summed E-state index contributed by atoms with van der Waals surface area (Å²) in [6, 6.07) is 2.47. The van der Waals surface area contributed by atoms with E-state index in [9.17, 15) is 23.5 Å². The summed E-state index contributed by atoms with van der Waals surface area (Å²) in [6.07, 6.45) is 1.57. The standard InChI is InChI=1S/C18H23F2NO3/c1-4-5-14(11-8-10(19)6-7-13(11)20)21-16(22)12-9-18(2,3)15(12)17(23)24/h6-8,12,14-15H,4-5,9H2,1-3H3,(H,21,22)(H,23,24)/t12-,14?,15+/m1/s1. The predicted octanol–water partition coefficient (Wildman–Crippen LogP) is 3.67. The summed E-state index contributed by atoms with van der Waals surface area (Å²) in [4.78, 5) is 23.9. The van der Waals surface area contributed by atoms with Crippen molar-refractivity contribution < 1.29 is 23.5 Å². The lowest BCUT2D eigenvalue weighted by molar-refractivity contribution is -0.165. The maximum absolute atomic E-state index is 14.0. The maximum atomic E-state index is 14.0. The number of benzene rings is 1. The van der Waals surface area contributed by atoms with Crippen LogP contribution in [0.2, 0.25) is 0 Å². The zero-order chi connectivity index (χ0) is 18.1. The first-order valence-electron chi connectivity index (χ1n) is 8.15. The molecular weight excluding hydrogens is 316 g/mol. The van der Waals surface area contributed by atoms with Gasteiger partial charge in [0.1, 0.15) is 11.6 Å². The minimum atomic E-state index is -1.00. The molecule has 24 heavy (non-hydrogen) atoms. The van der Waals surface area contributed by atoms with Gasteiger partial charge in [0.05, 0.1) is 17.9 Å². The second kappa shape index (κ2) is 6.87. The highest BCUT2D eigenvalue weighted by atomic mass is 19.1. The molecule has 1 aromatic carbocycles. The first-order valence-corrected chi connectivity index (χ1v) is 8.15. The van der Waals surface area contributed by atoms with Gasteiger partial charge in [0.25, 0.3) is 0 Å². The molecule has 1 aromatic rings. The molecule has 3 atom stereocenters. The van der Waals surface area contributed by atoms with E-state index in [1.54, 1.807) is 0 Å². The van der Waals surface area contributed by atoms with Crippen LogP contribution < -0.4 is 5.32 Å². The summed E-state index contributed by atoms with van der Waals surface area (Å²) in [6.45, 7) is 5.50. The molecule has 2 N–H and O–H groups in total. The monoisotopic (exact) mass is 339 g/mol. The van der Waals surface area contributed by atoms with E-state index in [-0.39, 0.29) is 5.56 Å². The topological polar surface area (TPSA) is 66.4 Å². The number of hydrogen-bond acceptors (Lipinski definition) is 2. The Morgan fingerprint density at radius 1 is 1.38 bits per heavy atom. The Bertz CT molecular complexity index is 645. The molecule has 2 rings (SSSR count). The van der Waals surface area contributed by atoms with E-state index in [1.807, 2.05) is 20.8 Å². The highest BCUT2D eigenvalue weighted by molar-refractivity contribution is 5.87. The Kier molecular flexibility index (Phi) is 5.26. The van der Waals surface area contributed by atoms with E-state index in [4.69, 9.17) is 0 Å². The third-order valence-corrected chi connectivity index (χ3v) is 4.82. The summed E-state index contributed by atoms with van der Waals surface area (Å²) in [5.41, 5.74) is -0.353. The van der Waals surface area contributed by atoms with Crippen LogP contribution in [-0.2, 0) is 9.59 Å². The van der Waals surface area contributed by atoms with Gasteiger partial charge in [0.15, 0.2) is 0 Å². The molecule has 0 saturated heterocycles. The molecule has 0 bridgehead atoms. The summed E-state index contributed by atoms with van der Waals surface area (Å²) in [7, 11) is 0. The number of amides is 1. The molecule has 1 saturated carbocycles. The molecule has 1 aliphatic carbocycles. The van der Waals surface area contributed by atoms with Crippen molar-refractivity contribution in [2.24, 2.45) is 17.3 Å². The van der Waals surface area contributed by atoms with Crippen molar-refractivity contribution in [3.8, 4) is 0 Å². The van der Waals surface area contributed by atoms with Crippen molar-refractivity contribution in [3.63, 3.8) is 0 Å². The van der Waals surface area contributed by atoms with E-state index in [2.05, 4.69) is 5.32 Å². The van der Waals surface area contributed by atoms with Gasteiger partial charge in [0.2, 0.25) is 5.91 Å². The average molecular weight is 339 g/mol. The molecule has 0 aliphatic heterocycles. The molecule has 1 unspecified atom stereocenters. The lowest BCUT2D eigenvalue weighted by Crippen LogP contribution is -2.55. The fourth-order valence-electron chi connectivity index (χ4n) is 3.60. The number of halogens is 2. The number of rotatable bonds is 6.